The maximum Gasteiger partial charge on any atom is 0.303 e. The van der Waals surface area contributed by atoms with Crippen LogP contribution in [0.4, 0.5) is 10.1 Å². The predicted octanol–water partition coefficient (Wildman–Crippen LogP) is 1.65. The highest BCUT2D eigenvalue weighted by Gasteiger charge is 2.70. The van der Waals surface area contributed by atoms with Gasteiger partial charge in [-0.05, 0) is 36.6 Å². The number of carbonyl (C=O) groups excluding carboxylic acids is 3. The Morgan fingerprint density at radius 3 is 2.58 bits per heavy atom. The van der Waals surface area contributed by atoms with Crippen molar-refractivity contribution in [1.82, 2.24) is 10.2 Å². The third kappa shape index (κ3) is 3.22. The number of benzene rings is 2. The van der Waals surface area contributed by atoms with Gasteiger partial charge in [0.2, 0.25) is 17.7 Å². The number of amides is 3. The summed E-state index contributed by atoms with van der Waals surface area (Å²) in [6.45, 7) is 0.147. The molecule has 1 spiro atoms. The Bertz CT molecular complexity index is 1170. The zero-order valence-electron chi connectivity index (χ0n) is 17.6. The summed E-state index contributed by atoms with van der Waals surface area (Å²) in [5, 5.41) is 15.0. The molecule has 8 nitrogen and oxygen atoms in total. The van der Waals surface area contributed by atoms with Gasteiger partial charge >= 0.3 is 5.97 Å². The first-order valence-electron chi connectivity index (χ1n) is 10.8. The summed E-state index contributed by atoms with van der Waals surface area (Å²) in [5.41, 5.74) is -0.0307. The molecule has 3 N–H and O–H groups in total. The Morgan fingerprint density at radius 1 is 1.09 bits per heavy atom. The SMILES string of the molecule is O=C(O)CCC1NC2(C(=O)Nc3ccc(F)cc32)[C@@H]2C(=O)N(CCc3ccccc3)C(=O)[C@H]12. The number of likely N-dealkylation sites (tertiary alicyclic amines) is 1. The molecule has 0 bridgehead atoms. The van der Waals surface area contributed by atoms with E-state index in [4.69, 9.17) is 0 Å². The van der Waals surface area contributed by atoms with Crippen LogP contribution in [0.1, 0.15) is 24.0 Å². The van der Waals surface area contributed by atoms with Gasteiger partial charge in [0.15, 0.2) is 0 Å². The molecule has 2 unspecified atom stereocenters. The normalized spacial score (nSPS) is 27.7. The molecule has 0 saturated carbocycles. The van der Waals surface area contributed by atoms with Crippen LogP contribution in [0.15, 0.2) is 48.5 Å². The van der Waals surface area contributed by atoms with Crippen molar-refractivity contribution < 1.29 is 28.7 Å². The van der Waals surface area contributed by atoms with E-state index in [-0.39, 0.29) is 24.9 Å². The summed E-state index contributed by atoms with van der Waals surface area (Å²) in [5.74, 6) is -5.09. The van der Waals surface area contributed by atoms with Crippen molar-refractivity contribution in [2.45, 2.75) is 30.8 Å². The van der Waals surface area contributed by atoms with Crippen LogP contribution in [0.5, 0.6) is 0 Å². The zero-order valence-corrected chi connectivity index (χ0v) is 17.6. The van der Waals surface area contributed by atoms with E-state index in [1.165, 1.54) is 23.1 Å². The Kier molecular flexibility index (Phi) is 5.01. The maximum absolute atomic E-state index is 14.2. The van der Waals surface area contributed by atoms with Crippen molar-refractivity contribution in [1.29, 1.82) is 0 Å². The van der Waals surface area contributed by atoms with Crippen LogP contribution < -0.4 is 10.6 Å². The first-order chi connectivity index (χ1) is 15.8. The second-order valence-electron chi connectivity index (χ2n) is 8.70. The average molecular weight is 451 g/mol. The second-order valence-corrected chi connectivity index (χ2v) is 8.70. The van der Waals surface area contributed by atoms with E-state index >= 15 is 0 Å². The van der Waals surface area contributed by atoms with Crippen LogP contribution in [-0.2, 0) is 31.1 Å². The van der Waals surface area contributed by atoms with Crippen molar-refractivity contribution >= 4 is 29.4 Å². The van der Waals surface area contributed by atoms with Crippen molar-refractivity contribution in [3.05, 3.63) is 65.5 Å². The minimum atomic E-state index is -1.63. The summed E-state index contributed by atoms with van der Waals surface area (Å²) in [6, 6.07) is 12.5. The number of carboxylic acid groups (broad SMARTS) is 1. The van der Waals surface area contributed by atoms with Crippen LogP contribution in [-0.4, -0.2) is 46.3 Å². The summed E-state index contributed by atoms with van der Waals surface area (Å²) in [6.07, 6.45) is 0.275. The minimum absolute atomic E-state index is 0.0573. The molecule has 4 atom stereocenters. The number of anilines is 1. The molecule has 2 saturated heterocycles. The van der Waals surface area contributed by atoms with Gasteiger partial charge in [-0.1, -0.05) is 30.3 Å². The van der Waals surface area contributed by atoms with Gasteiger partial charge in [0.05, 0.1) is 11.8 Å². The molecule has 170 valence electrons. The van der Waals surface area contributed by atoms with Crippen molar-refractivity contribution in [2.24, 2.45) is 11.8 Å². The Balaban J connectivity index is 1.53. The standard InChI is InChI=1S/C24H22FN3O5/c25-14-6-7-16-15(12-14)24(23(33)26-16)20-19(17(27-24)8-9-18(29)30)21(31)28(22(20)32)11-10-13-4-2-1-3-5-13/h1-7,12,17,19-20,27H,8-11H2,(H,26,33)(H,29,30)/t17?,19-,20+,24?/m1/s1. The fourth-order valence-corrected chi connectivity index (χ4v) is 5.47. The van der Waals surface area contributed by atoms with Crippen molar-refractivity contribution in [3.63, 3.8) is 0 Å². The number of halogens is 1. The average Bonchev–Trinajstić information content (AvgIpc) is 3.37. The lowest BCUT2D eigenvalue weighted by atomic mass is 9.76. The lowest BCUT2D eigenvalue weighted by Gasteiger charge is -2.29. The highest BCUT2D eigenvalue weighted by molar-refractivity contribution is 6.15. The fraction of sp³-hybridized carbons (Fsp3) is 0.333. The third-order valence-corrected chi connectivity index (χ3v) is 6.90. The lowest BCUT2D eigenvalue weighted by Crippen LogP contribution is -2.53. The molecule has 3 amide bonds. The van der Waals surface area contributed by atoms with Gasteiger partial charge in [-0.2, -0.15) is 0 Å². The van der Waals surface area contributed by atoms with E-state index in [0.29, 0.717) is 12.1 Å². The first kappa shape index (κ1) is 21.3. The number of carbonyl (C=O) groups is 4. The van der Waals surface area contributed by atoms with Crippen LogP contribution in [0.25, 0.3) is 0 Å². The van der Waals surface area contributed by atoms with Crippen molar-refractivity contribution in [2.75, 3.05) is 11.9 Å². The minimum Gasteiger partial charge on any atom is -0.481 e. The van der Waals surface area contributed by atoms with Gasteiger partial charge in [0.25, 0.3) is 0 Å². The molecular formula is C24H22FN3O5. The maximum atomic E-state index is 14.2. The van der Waals surface area contributed by atoms with Crippen LogP contribution in [0.2, 0.25) is 0 Å². The summed E-state index contributed by atoms with van der Waals surface area (Å²) in [4.78, 5) is 52.6. The summed E-state index contributed by atoms with van der Waals surface area (Å²) >= 11 is 0. The molecule has 9 heteroatoms. The quantitative estimate of drug-likeness (QED) is 0.576. The number of imide groups is 1. The van der Waals surface area contributed by atoms with Gasteiger partial charge < -0.3 is 10.4 Å². The third-order valence-electron chi connectivity index (χ3n) is 6.90. The van der Waals surface area contributed by atoms with E-state index in [0.717, 1.165) is 5.56 Å². The molecular weight excluding hydrogens is 429 g/mol. The van der Waals surface area contributed by atoms with E-state index < -0.39 is 52.9 Å². The molecule has 3 aliphatic rings. The van der Waals surface area contributed by atoms with Gasteiger partial charge in [-0.25, -0.2) is 4.39 Å². The molecule has 0 aromatic heterocycles. The molecule has 5 rings (SSSR count). The number of nitrogens with zero attached hydrogens (tertiary/aromatic N) is 1. The van der Waals surface area contributed by atoms with E-state index in [2.05, 4.69) is 10.6 Å². The number of hydrogen-bond donors (Lipinski definition) is 3. The predicted molar refractivity (Wildman–Crippen MR) is 114 cm³/mol. The monoisotopic (exact) mass is 451 g/mol. The lowest BCUT2D eigenvalue weighted by molar-refractivity contribution is -0.143. The van der Waals surface area contributed by atoms with E-state index in [1.807, 2.05) is 30.3 Å². The number of rotatable bonds is 6. The molecule has 0 radical (unpaired) electrons. The zero-order chi connectivity index (χ0) is 23.3. The number of hydrogen-bond acceptors (Lipinski definition) is 5. The largest absolute Gasteiger partial charge is 0.481 e. The van der Waals surface area contributed by atoms with Crippen LogP contribution in [0, 0.1) is 17.7 Å². The Morgan fingerprint density at radius 2 is 1.85 bits per heavy atom. The first-order valence-corrected chi connectivity index (χ1v) is 10.8. The molecule has 3 heterocycles. The van der Waals surface area contributed by atoms with E-state index in [9.17, 15) is 28.7 Å². The molecule has 2 fully saturated rings. The second kappa shape index (κ2) is 7.77. The molecule has 2 aromatic rings. The van der Waals surface area contributed by atoms with Gasteiger partial charge in [-0.3, -0.25) is 29.4 Å². The van der Waals surface area contributed by atoms with Crippen LogP contribution in [0.3, 0.4) is 0 Å². The highest BCUT2D eigenvalue weighted by atomic mass is 19.1. The number of fused-ring (bicyclic) bond motifs is 4. The molecule has 0 aliphatic carbocycles. The number of aliphatic carboxylic acids is 1. The number of carboxylic acids is 1. The summed E-state index contributed by atoms with van der Waals surface area (Å²) < 4.78 is 14.2. The van der Waals surface area contributed by atoms with Crippen molar-refractivity contribution in [3.8, 4) is 0 Å². The van der Waals surface area contributed by atoms with Crippen LogP contribution >= 0.6 is 0 Å². The Hall–Kier alpha value is -3.59. The van der Waals surface area contributed by atoms with E-state index in [1.54, 1.807) is 0 Å². The highest BCUT2D eigenvalue weighted by Crippen LogP contribution is 2.53. The smallest absolute Gasteiger partial charge is 0.303 e. The molecule has 3 aliphatic heterocycles. The topological polar surface area (TPSA) is 116 Å². The summed E-state index contributed by atoms with van der Waals surface area (Å²) in [7, 11) is 0. The van der Waals surface area contributed by atoms with Gasteiger partial charge in [0.1, 0.15) is 11.4 Å². The molecule has 2 aromatic carbocycles. The van der Waals surface area contributed by atoms with Gasteiger partial charge in [-0.15, -0.1) is 0 Å². The number of nitrogens with one attached hydrogen (secondary N) is 2. The Labute approximate surface area is 188 Å². The fourth-order valence-electron chi connectivity index (χ4n) is 5.47. The van der Waals surface area contributed by atoms with Gasteiger partial charge in [0, 0.05) is 30.3 Å². The molecule has 33 heavy (non-hydrogen) atoms.